The van der Waals surface area contributed by atoms with Crippen molar-refractivity contribution in [1.29, 1.82) is 0 Å². The molecule has 0 spiro atoms. The van der Waals surface area contributed by atoms with Gasteiger partial charge >= 0.3 is 0 Å². The Balaban J connectivity index is 2.66. The molecule has 0 saturated carbocycles. The summed E-state index contributed by atoms with van der Waals surface area (Å²) in [4.78, 5) is 18.2. The molecule has 1 aromatic heterocycles. The molecule has 0 aliphatic heterocycles. The molecule has 0 bridgehead atoms. The van der Waals surface area contributed by atoms with Gasteiger partial charge in [-0.2, -0.15) is 0 Å². The van der Waals surface area contributed by atoms with E-state index in [-0.39, 0.29) is 5.91 Å². The topological polar surface area (TPSA) is 33.2 Å². The molecule has 0 aliphatic carbocycles. The lowest BCUT2D eigenvalue weighted by Crippen LogP contribution is -2.33. The maximum Gasteiger partial charge on any atom is 0.273 e. The second kappa shape index (κ2) is 7.01. The Kier molecular flexibility index (Phi) is 5.98. The number of aromatic nitrogens is 1. The Morgan fingerprint density at radius 2 is 2.31 bits per heavy atom. The average molecular weight is 305 g/mol. The number of carbonyl (C=O) groups excluding carboxylic acids is 1. The Bertz CT molecular complexity index is 340. The van der Waals surface area contributed by atoms with E-state index in [1.807, 2.05) is 17.2 Å². The number of hydrogen-bond donors (Lipinski definition) is 0. The summed E-state index contributed by atoms with van der Waals surface area (Å²) in [5.41, 5.74) is 0.583. The summed E-state index contributed by atoms with van der Waals surface area (Å²) in [6.07, 6.45) is 2.14. The van der Waals surface area contributed by atoms with Gasteiger partial charge in [0.2, 0.25) is 0 Å². The average Bonchev–Trinajstić information content (AvgIpc) is 2.70. The summed E-state index contributed by atoms with van der Waals surface area (Å²) in [6, 6.07) is 0. The zero-order valence-electron chi connectivity index (χ0n) is 9.70. The molecule has 1 aromatic rings. The first kappa shape index (κ1) is 13.6. The molecule has 3 nitrogen and oxygen atoms in total. The van der Waals surface area contributed by atoms with Crippen molar-refractivity contribution in [2.45, 2.75) is 26.7 Å². The zero-order chi connectivity index (χ0) is 12.0. The molecule has 0 radical (unpaired) electrons. The molecule has 1 amide bonds. The van der Waals surface area contributed by atoms with Crippen LogP contribution in [-0.4, -0.2) is 34.2 Å². The lowest BCUT2D eigenvalue weighted by atomic mass is 10.3. The van der Waals surface area contributed by atoms with Gasteiger partial charge in [-0.15, -0.1) is 11.3 Å². The molecule has 1 rings (SSSR count). The molecular formula is C11H17BrN2OS. The first-order valence-corrected chi connectivity index (χ1v) is 7.46. The van der Waals surface area contributed by atoms with E-state index in [0.717, 1.165) is 36.3 Å². The van der Waals surface area contributed by atoms with Gasteiger partial charge in [0, 0.05) is 23.8 Å². The molecule has 0 atom stereocenters. The molecule has 16 heavy (non-hydrogen) atoms. The minimum absolute atomic E-state index is 0.0530. The van der Waals surface area contributed by atoms with Gasteiger partial charge in [0.1, 0.15) is 5.69 Å². The van der Waals surface area contributed by atoms with E-state index >= 15 is 0 Å². The minimum atomic E-state index is 0.0530. The van der Waals surface area contributed by atoms with Crippen LogP contribution in [0.3, 0.4) is 0 Å². The molecule has 90 valence electrons. The molecule has 0 aromatic carbocycles. The highest BCUT2D eigenvalue weighted by Gasteiger charge is 2.16. The van der Waals surface area contributed by atoms with Crippen molar-refractivity contribution in [1.82, 2.24) is 9.88 Å². The van der Waals surface area contributed by atoms with Crippen molar-refractivity contribution < 1.29 is 4.79 Å². The number of thiazole rings is 1. The third kappa shape index (κ3) is 3.87. The number of alkyl halides is 1. The number of unbranched alkanes of at least 4 members (excludes halogenated alkanes) is 1. The van der Waals surface area contributed by atoms with E-state index in [1.165, 1.54) is 11.3 Å². The summed E-state index contributed by atoms with van der Waals surface area (Å²) in [6.45, 7) is 5.61. The number of hydrogen-bond acceptors (Lipinski definition) is 3. The van der Waals surface area contributed by atoms with Crippen LogP contribution in [0.4, 0.5) is 0 Å². The van der Waals surface area contributed by atoms with Crippen LogP contribution in [0.2, 0.25) is 0 Å². The number of aryl methyl sites for hydroxylation is 1. The standard InChI is InChI=1S/C11H17BrN2OS/c1-3-4-6-14(7-5-12)11(15)10-8-16-9(2)13-10/h8H,3-7H2,1-2H3. The van der Waals surface area contributed by atoms with Crippen molar-refractivity contribution in [2.75, 3.05) is 18.4 Å². The van der Waals surface area contributed by atoms with Gasteiger partial charge in [-0.1, -0.05) is 29.3 Å². The molecule has 0 fully saturated rings. The summed E-state index contributed by atoms with van der Waals surface area (Å²) >= 11 is 4.90. The number of carbonyl (C=O) groups is 1. The van der Waals surface area contributed by atoms with E-state index in [9.17, 15) is 4.79 Å². The van der Waals surface area contributed by atoms with Gasteiger partial charge in [-0.3, -0.25) is 4.79 Å². The first-order valence-electron chi connectivity index (χ1n) is 5.46. The van der Waals surface area contributed by atoms with Crippen LogP contribution < -0.4 is 0 Å². The van der Waals surface area contributed by atoms with Crippen LogP contribution in [0.5, 0.6) is 0 Å². The number of halogens is 1. The zero-order valence-corrected chi connectivity index (χ0v) is 12.1. The first-order chi connectivity index (χ1) is 7.69. The second-order valence-electron chi connectivity index (χ2n) is 3.59. The van der Waals surface area contributed by atoms with Crippen LogP contribution in [0.1, 0.15) is 35.3 Å². The highest BCUT2D eigenvalue weighted by molar-refractivity contribution is 9.09. The van der Waals surface area contributed by atoms with Gasteiger partial charge in [0.15, 0.2) is 0 Å². The Labute approximate surface area is 109 Å². The smallest absolute Gasteiger partial charge is 0.273 e. The van der Waals surface area contributed by atoms with Crippen LogP contribution >= 0.6 is 27.3 Å². The summed E-state index contributed by atoms with van der Waals surface area (Å²) in [5.74, 6) is 0.0530. The fourth-order valence-electron chi connectivity index (χ4n) is 1.39. The molecular weight excluding hydrogens is 288 g/mol. The molecule has 0 unspecified atom stereocenters. The van der Waals surface area contributed by atoms with Crippen molar-refractivity contribution >= 4 is 33.2 Å². The lowest BCUT2D eigenvalue weighted by Gasteiger charge is -2.20. The van der Waals surface area contributed by atoms with Gasteiger partial charge in [0.25, 0.3) is 5.91 Å². The van der Waals surface area contributed by atoms with E-state index in [4.69, 9.17) is 0 Å². The third-order valence-corrected chi connectivity index (χ3v) is 3.39. The maximum atomic E-state index is 12.1. The quantitative estimate of drug-likeness (QED) is 0.757. The van der Waals surface area contributed by atoms with Gasteiger partial charge in [-0.25, -0.2) is 4.98 Å². The highest BCUT2D eigenvalue weighted by atomic mass is 79.9. The van der Waals surface area contributed by atoms with Gasteiger partial charge in [0.05, 0.1) is 5.01 Å². The van der Waals surface area contributed by atoms with E-state index in [1.54, 1.807) is 0 Å². The Hall–Kier alpha value is -0.420. The largest absolute Gasteiger partial charge is 0.336 e. The minimum Gasteiger partial charge on any atom is -0.336 e. The summed E-state index contributed by atoms with van der Waals surface area (Å²) in [5, 5.41) is 3.59. The van der Waals surface area contributed by atoms with Gasteiger partial charge < -0.3 is 4.90 Å². The van der Waals surface area contributed by atoms with Gasteiger partial charge in [-0.05, 0) is 13.3 Å². The van der Waals surface area contributed by atoms with E-state index < -0.39 is 0 Å². The number of amides is 1. The molecule has 0 aliphatic rings. The number of nitrogens with zero attached hydrogens (tertiary/aromatic N) is 2. The predicted molar refractivity (Wildman–Crippen MR) is 71.5 cm³/mol. The Morgan fingerprint density at radius 3 is 2.81 bits per heavy atom. The normalized spacial score (nSPS) is 10.4. The molecule has 5 heteroatoms. The van der Waals surface area contributed by atoms with Crippen molar-refractivity contribution in [3.8, 4) is 0 Å². The fourth-order valence-corrected chi connectivity index (χ4v) is 2.40. The third-order valence-electron chi connectivity index (χ3n) is 2.26. The second-order valence-corrected chi connectivity index (χ2v) is 5.44. The van der Waals surface area contributed by atoms with Crippen LogP contribution in [0.25, 0.3) is 0 Å². The summed E-state index contributed by atoms with van der Waals surface area (Å²) in [7, 11) is 0. The Morgan fingerprint density at radius 1 is 1.56 bits per heavy atom. The van der Waals surface area contributed by atoms with Crippen LogP contribution in [0, 0.1) is 6.92 Å². The lowest BCUT2D eigenvalue weighted by molar-refractivity contribution is 0.0759. The SMILES string of the molecule is CCCCN(CCBr)C(=O)c1csc(C)n1. The monoisotopic (exact) mass is 304 g/mol. The van der Waals surface area contributed by atoms with Crippen molar-refractivity contribution in [3.63, 3.8) is 0 Å². The van der Waals surface area contributed by atoms with Crippen molar-refractivity contribution in [2.24, 2.45) is 0 Å². The maximum absolute atomic E-state index is 12.1. The van der Waals surface area contributed by atoms with Crippen molar-refractivity contribution in [3.05, 3.63) is 16.1 Å². The highest BCUT2D eigenvalue weighted by Crippen LogP contribution is 2.11. The molecule has 1 heterocycles. The molecule has 0 saturated heterocycles. The van der Waals surface area contributed by atoms with Crippen LogP contribution in [0.15, 0.2) is 5.38 Å². The van der Waals surface area contributed by atoms with E-state index in [2.05, 4.69) is 27.8 Å². The summed E-state index contributed by atoms with van der Waals surface area (Å²) < 4.78 is 0. The fraction of sp³-hybridized carbons (Fsp3) is 0.636. The number of rotatable bonds is 6. The molecule has 0 N–H and O–H groups in total. The van der Waals surface area contributed by atoms with Crippen LogP contribution in [-0.2, 0) is 0 Å². The predicted octanol–water partition coefficient (Wildman–Crippen LogP) is 3.09. The van der Waals surface area contributed by atoms with E-state index in [0.29, 0.717) is 5.69 Å².